The zero-order valence-electron chi connectivity index (χ0n) is 7.64. The number of hydrogen-bond donors (Lipinski definition) is 0. The number of benzene rings is 1. The Hall–Kier alpha value is -0.880. The van der Waals surface area contributed by atoms with E-state index in [2.05, 4.69) is 38.6 Å². The maximum Gasteiger partial charge on any atom is 0.0766 e. The standard InChI is InChI=1S/C10H13N2P/c1-12-10(5-6-11-12)8-3-2-4-9(13)7-8/h2-4,6-7,10H,5,13H2,1H3. The van der Waals surface area contributed by atoms with Gasteiger partial charge in [-0.2, -0.15) is 5.10 Å². The minimum atomic E-state index is 0.431. The number of hydrogen-bond acceptors (Lipinski definition) is 2. The highest BCUT2D eigenvalue weighted by molar-refractivity contribution is 7.27. The van der Waals surface area contributed by atoms with E-state index in [9.17, 15) is 0 Å². The average Bonchev–Trinajstić information content (AvgIpc) is 2.51. The highest BCUT2D eigenvalue weighted by Crippen LogP contribution is 2.25. The summed E-state index contributed by atoms with van der Waals surface area (Å²) in [6, 6.07) is 8.96. The summed E-state index contributed by atoms with van der Waals surface area (Å²) >= 11 is 0. The SMILES string of the molecule is CN1N=CCC1c1cccc(P)c1. The van der Waals surface area contributed by atoms with Gasteiger partial charge in [-0.3, -0.25) is 5.01 Å². The summed E-state index contributed by atoms with van der Waals surface area (Å²) in [5.41, 5.74) is 1.34. The molecule has 0 aliphatic carbocycles. The van der Waals surface area contributed by atoms with Gasteiger partial charge in [0.2, 0.25) is 0 Å². The van der Waals surface area contributed by atoms with Crippen molar-refractivity contribution >= 4 is 20.8 Å². The van der Waals surface area contributed by atoms with Crippen LogP contribution in [0.2, 0.25) is 0 Å². The molecule has 0 fully saturated rings. The molecule has 0 radical (unpaired) electrons. The molecule has 0 saturated carbocycles. The first-order valence-electron chi connectivity index (χ1n) is 4.38. The lowest BCUT2D eigenvalue weighted by Gasteiger charge is -2.19. The van der Waals surface area contributed by atoms with Crippen LogP contribution >= 0.6 is 9.24 Å². The van der Waals surface area contributed by atoms with E-state index in [1.807, 2.05) is 18.3 Å². The van der Waals surface area contributed by atoms with E-state index < -0.39 is 0 Å². The van der Waals surface area contributed by atoms with Gasteiger partial charge in [0.15, 0.2) is 0 Å². The molecule has 1 aromatic carbocycles. The highest BCUT2D eigenvalue weighted by atomic mass is 31.0. The summed E-state index contributed by atoms with van der Waals surface area (Å²) < 4.78 is 0. The van der Waals surface area contributed by atoms with Gasteiger partial charge >= 0.3 is 0 Å². The third-order valence-corrected chi connectivity index (χ3v) is 2.70. The molecular formula is C10H13N2P. The van der Waals surface area contributed by atoms with Crippen molar-refractivity contribution in [1.29, 1.82) is 0 Å². The third kappa shape index (κ3) is 1.73. The van der Waals surface area contributed by atoms with Crippen LogP contribution in [0.3, 0.4) is 0 Å². The number of nitrogens with zero attached hydrogens (tertiary/aromatic N) is 2. The van der Waals surface area contributed by atoms with Crippen LogP contribution in [0, 0.1) is 0 Å². The number of hydrazone groups is 1. The molecule has 1 aliphatic rings. The molecular weight excluding hydrogens is 179 g/mol. The van der Waals surface area contributed by atoms with Crippen molar-refractivity contribution in [2.24, 2.45) is 5.10 Å². The van der Waals surface area contributed by atoms with Gasteiger partial charge in [0.05, 0.1) is 6.04 Å². The molecule has 68 valence electrons. The Balaban J connectivity index is 2.26. The van der Waals surface area contributed by atoms with Gasteiger partial charge in [-0.05, 0) is 16.9 Å². The summed E-state index contributed by atoms with van der Waals surface area (Å²) in [5.74, 6) is 0. The van der Waals surface area contributed by atoms with Crippen LogP contribution in [-0.4, -0.2) is 18.3 Å². The van der Waals surface area contributed by atoms with Crippen molar-refractivity contribution in [3.8, 4) is 0 Å². The predicted octanol–water partition coefficient (Wildman–Crippen LogP) is 1.55. The zero-order chi connectivity index (χ0) is 9.26. The molecule has 2 unspecified atom stereocenters. The van der Waals surface area contributed by atoms with Gasteiger partial charge in [0.1, 0.15) is 0 Å². The lowest BCUT2D eigenvalue weighted by molar-refractivity contribution is 0.290. The molecule has 2 nitrogen and oxygen atoms in total. The van der Waals surface area contributed by atoms with E-state index in [1.165, 1.54) is 10.9 Å². The van der Waals surface area contributed by atoms with E-state index >= 15 is 0 Å². The van der Waals surface area contributed by atoms with Crippen molar-refractivity contribution < 1.29 is 0 Å². The van der Waals surface area contributed by atoms with Crippen molar-refractivity contribution in [3.63, 3.8) is 0 Å². The molecule has 0 spiro atoms. The van der Waals surface area contributed by atoms with E-state index in [-0.39, 0.29) is 0 Å². The monoisotopic (exact) mass is 192 g/mol. The second kappa shape index (κ2) is 3.47. The largest absolute Gasteiger partial charge is 0.293 e. The molecule has 2 atom stereocenters. The quantitative estimate of drug-likeness (QED) is 0.616. The van der Waals surface area contributed by atoms with Crippen molar-refractivity contribution in [1.82, 2.24) is 5.01 Å². The van der Waals surface area contributed by atoms with Crippen molar-refractivity contribution in [3.05, 3.63) is 29.8 Å². The summed E-state index contributed by atoms with van der Waals surface area (Å²) in [6.45, 7) is 0. The summed E-state index contributed by atoms with van der Waals surface area (Å²) in [5, 5.41) is 7.47. The lowest BCUT2D eigenvalue weighted by atomic mass is 10.1. The second-order valence-corrected chi connectivity index (χ2v) is 3.96. The zero-order valence-corrected chi connectivity index (χ0v) is 8.80. The fourth-order valence-electron chi connectivity index (χ4n) is 1.63. The van der Waals surface area contributed by atoms with Crippen molar-refractivity contribution in [2.45, 2.75) is 12.5 Å². The number of rotatable bonds is 1. The highest BCUT2D eigenvalue weighted by Gasteiger charge is 2.18. The predicted molar refractivity (Wildman–Crippen MR) is 59.4 cm³/mol. The van der Waals surface area contributed by atoms with Gasteiger partial charge in [0, 0.05) is 19.7 Å². The van der Waals surface area contributed by atoms with Crippen LogP contribution in [0.25, 0.3) is 0 Å². The molecule has 1 aliphatic heterocycles. The Kier molecular flexibility index (Phi) is 2.32. The van der Waals surface area contributed by atoms with Gasteiger partial charge in [0.25, 0.3) is 0 Å². The molecule has 0 bridgehead atoms. The Labute approximate surface area is 80.8 Å². The van der Waals surface area contributed by atoms with Crippen LogP contribution < -0.4 is 5.30 Å². The Bertz CT molecular complexity index is 335. The molecule has 1 aromatic rings. The topological polar surface area (TPSA) is 15.6 Å². The Morgan fingerprint density at radius 3 is 3.00 bits per heavy atom. The smallest absolute Gasteiger partial charge is 0.0766 e. The van der Waals surface area contributed by atoms with Crippen LogP contribution in [0.1, 0.15) is 18.0 Å². The van der Waals surface area contributed by atoms with E-state index in [0.717, 1.165) is 6.42 Å². The molecule has 0 amide bonds. The van der Waals surface area contributed by atoms with Crippen LogP contribution in [0.5, 0.6) is 0 Å². The lowest BCUT2D eigenvalue weighted by Crippen LogP contribution is -2.14. The van der Waals surface area contributed by atoms with Gasteiger partial charge in [-0.1, -0.05) is 18.2 Å². The molecule has 2 rings (SSSR count). The minimum absolute atomic E-state index is 0.431. The molecule has 0 saturated heterocycles. The van der Waals surface area contributed by atoms with Crippen LogP contribution in [-0.2, 0) is 0 Å². The first-order chi connectivity index (χ1) is 6.27. The minimum Gasteiger partial charge on any atom is -0.293 e. The first kappa shape index (κ1) is 8.71. The fraction of sp³-hybridized carbons (Fsp3) is 0.300. The van der Waals surface area contributed by atoms with Gasteiger partial charge in [-0.15, -0.1) is 9.24 Å². The Morgan fingerprint density at radius 1 is 1.54 bits per heavy atom. The maximum atomic E-state index is 4.23. The molecule has 1 heterocycles. The van der Waals surface area contributed by atoms with E-state index in [4.69, 9.17) is 0 Å². The first-order valence-corrected chi connectivity index (χ1v) is 4.96. The Morgan fingerprint density at radius 2 is 2.38 bits per heavy atom. The van der Waals surface area contributed by atoms with Crippen LogP contribution in [0.4, 0.5) is 0 Å². The van der Waals surface area contributed by atoms with Gasteiger partial charge in [-0.25, -0.2) is 0 Å². The third-order valence-electron chi connectivity index (χ3n) is 2.34. The summed E-state index contributed by atoms with van der Waals surface area (Å²) in [6.07, 6.45) is 2.99. The summed E-state index contributed by atoms with van der Waals surface area (Å²) in [4.78, 5) is 0. The molecule has 3 heteroatoms. The van der Waals surface area contributed by atoms with Crippen molar-refractivity contribution in [2.75, 3.05) is 7.05 Å². The average molecular weight is 192 g/mol. The van der Waals surface area contributed by atoms with Gasteiger partial charge < -0.3 is 0 Å². The fourth-order valence-corrected chi connectivity index (χ4v) is 1.93. The normalized spacial score (nSPS) is 21.1. The maximum absolute atomic E-state index is 4.23. The summed E-state index contributed by atoms with van der Waals surface area (Å²) in [7, 11) is 4.74. The van der Waals surface area contributed by atoms with Crippen LogP contribution in [0.15, 0.2) is 29.4 Å². The molecule has 0 aromatic heterocycles. The van der Waals surface area contributed by atoms with E-state index in [0.29, 0.717) is 6.04 Å². The molecule has 0 N–H and O–H groups in total. The molecule has 13 heavy (non-hydrogen) atoms. The second-order valence-electron chi connectivity index (χ2n) is 3.29. The van der Waals surface area contributed by atoms with E-state index in [1.54, 1.807) is 0 Å².